The van der Waals surface area contributed by atoms with Crippen molar-refractivity contribution in [1.82, 2.24) is 14.5 Å². The van der Waals surface area contributed by atoms with Crippen molar-refractivity contribution in [3.63, 3.8) is 0 Å². The first-order valence-corrected chi connectivity index (χ1v) is 9.90. The molecule has 1 aliphatic heterocycles. The molecule has 1 aromatic carbocycles. The number of carbonyl (C=O) groups excluding carboxylic acids is 1. The number of carbonyl (C=O) groups is 1. The molecule has 1 aliphatic rings. The summed E-state index contributed by atoms with van der Waals surface area (Å²) in [5, 5.41) is 4.07. The number of likely N-dealkylation sites (tertiary alicyclic amines) is 1. The van der Waals surface area contributed by atoms with Crippen LogP contribution in [0.3, 0.4) is 0 Å². The Labute approximate surface area is 156 Å². The van der Waals surface area contributed by atoms with Crippen LogP contribution in [0.5, 0.6) is 0 Å². The molecule has 3 rings (SSSR count). The highest BCUT2D eigenvalue weighted by atomic mass is 32.1. The summed E-state index contributed by atoms with van der Waals surface area (Å²) in [5.41, 5.74) is 0.922. The second kappa shape index (κ2) is 8.66. The van der Waals surface area contributed by atoms with Gasteiger partial charge in [0.05, 0.1) is 5.69 Å². The lowest BCUT2D eigenvalue weighted by atomic mass is 9.91. The molecule has 0 bridgehead atoms. The van der Waals surface area contributed by atoms with E-state index in [-0.39, 0.29) is 17.4 Å². The van der Waals surface area contributed by atoms with Crippen LogP contribution in [0.4, 0.5) is 8.78 Å². The van der Waals surface area contributed by atoms with Gasteiger partial charge in [0.15, 0.2) is 0 Å². The first-order valence-electron chi connectivity index (χ1n) is 9.13. The van der Waals surface area contributed by atoms with Crippen LogP contribution in [0.15, 0.2) is 18.2 Å². The molecule has 4 nitrogen and oxygen atoms in total. The molecule has 1 atom stereocenters. The zero-order valence-electron chi connectivity index (χ0n) is 14.9. The monoisotopic (exact) mass is 379 g/mol. The van der Waals surface area contributed by atoms with E-state index in [1.165, 1.54) is 18.2 Å². The van der Waals surface area contributed by atoms with Crippen molar-refractivity contribution in [3.8, 4) is 0 Å². The fraction of sp³-hybridized carbons (Fsp3) is 0.526. The first kappa shape index (κ1) is 18.9. The molecule has 140 valence electrons. The fourth-order valence-electron chi connectivity index (χ4n) is 3.52. The van der Waals surface area contributed by atoms with Crippen LogP contribution in [0.1, 0.15) is 53.5 Å². The summed E-state index contributed by atoms with van der Waals surface area (Å²) in [6.45, 7) is 3.39. The second-order valence-electron chi connectivity index (χ2n) is 6.80. The van der Waals surface area contributed by atoms with E-state index < -0.39 is 11.6 Å². The summed E-state index contributed by atoms with van der Waals surface area (Å²) in [7, 11) is 0. The van der Waals surface area contributed by atoms with E-state index in [4.69, 9.17) is 0 Å². The van der Waals surface area contributed by atoms with Gasteiger partial charge in [0, 0.05) is 18.7 Å². The fourth-order valence-corrected chi connectivity index (χ4v) is 4.20. The molecule has 2 heterocycles. The number of halogens is 2. The van der Waals surface area contributed by atoms with Gasteiger partial charge in [-0.25, -0.2) is 8.78 Å². The molecular formula is C19H23F2N3OS. The Morgan fingerprint density at radius 2 is 2.08 bits per heavy atom. The number of hydrogen-bond donors (Lipinski definition) is 0. The highest BCUT2D eigenvalue weighted by Crippen LogP contribution is 2.26. The summed E-state index contributed by atoms with van der Waals surface area (Å²) >= 11 is 1.16. The summed E-state index contributed by atoms with van der Waals surface area (Å²) in [4.78, 5) is 15.3. The van der Waals surface area contributed by atoms with Gasteiger partial charge in [0.2, 0.25) is 0 Å². The maximum atomic E-state index is 13.8. The van der Waals surface area contributed by atoms with Crippen molar-refractivity contribution in [2.24, 2.45) is 5.92 Å². The van der Waals surface area contributed by atoms with Crippen molar-refractivity contribution in [3.05, 3.63) is 46.0 Å². The van der Waals surface area contributed by atoms with Crippen LogP contribution >= 0.6 is 11.5 Å². The summed E-state index contributed by atoms with van der Waals surface area (Å²) < 4.78 is 31.5. The molecule has 1 fully saturated rings. The Kier molecular flexibility index (Phi) is 6.29. The average molecular weight is 379 g/mol. The highest BCUT2D eigenvalue weighted by Gasteiger charge is 2.27. The third-order valence-electron chi connectivity index (χ3n) is 4.91. The normalized spacial score (nSPS) is 17.5. The Morgan fingerprint density at radius 3 is 2.81 bits per heavy atom. The van der Waals surface area contributed by atoms with Crippen LogP contribution in [0.2, 0.25) is 0 Å². The highest BCUT2D eigenvalue weighted by molar-refractivity contribution is 7.08. The number of benzene rings is 1. The number of piperidine rings is 1. The van der Waals surface area contributed by atoms with Gasteiger partial charge in [0.25, 0.3) is 5.91 Å². The largest absolute Gasteiger partial charge is 0.338 e. The average Bonchev–Trinajstić information content (AvgIpc) is 3.09. The van der Waals surface area contributed by atoms with Gasteiger partial charge in [-0.2, -0.15) is 0 Å². The van der Waals surface area contributed by atoms with Gasteiger partial charge in [-0.1, -0.05) is 23.9 Å². The Morgan fingerprint density at radius 1 is 1.31 bits per heavy atom. The van der Waals surface area contributed by atoms with Gasteiger partial charge in [-0.05, 0) is 61.7 Å². The van der Waals surface area contributed by atoms with Crippen molar-refractivity contribution in [2.45, 2.75) is 45.4 Å². The first-order chi connectivity index (χ1) is 12.6. The van der Waals surface area contributed by atoms with Gasteiger partial charge >= 0.3 is 0 Å². The molecule has 0 radical (unpaired) electrons. The number of nitrogens with zero attached hydrogens (tertiary/aromatic N) is 3. The van der Waals surface area contributed by atoms with Crippen LogP contribution in [0, 0.1) is 17.6 Å². The van der Waals surface area contributed by atoms with Crippen LogP contribution in [0.25, 0.3) is 0 Å². The second-order valence-corrected chi connectivity index (χ2v) is 7.55. The van der Waals surface area contributed by atoms with Gasteiger partial charge < -0.3 is 4.90 Å². The van der Waals surface area contributed by atoms with E-state index in [2.05, 4.69) is 9.59 Å². The molecule has 26 heavy (non-hydrogen) atoms. The molecule has 1 saturated heterocycles. The SMILES string of the molecule is CCCc1nnsc1C(=O)N1CCC[C@H](CCc2c(F)cccc2F)C1. The summed E-state index contributed by atoms with van der Waals surface area (Å²) in [5.74, 6) is -0.741. The predicted molar refractivity (Wildman–Crippen MR) is 97.2 cm³/mol. The number of aromatic nitrogens is 2. The van der Waals surface area contributed by atoms with E-state index in [9.17, 15) is 13.6 Å². The summed E-state index contributed by atoms with van der Waals surface area (Å²) in [6.07, 6.45) is 4.58. The van der Waals surface area contributed by atoms with E-state index in [0.717, 1.165) is 42.9 Å². The Balaban J connectivity index is 1.62. The molecule has 0 aliphatic carbocycles. The van der Waals surface area contributed by atoms with Crippen molar-refractivity contribution < 1.29 is 13.6 Å². The van der Waals surface area contributed by atoms with Crippen LogP contribution in [-0.2, 0) is 12.8 Å². The molecule has 1 amide bonds. The third-order valence-corrected chi connectivity index (χ3v) is 5.66. The topological polar surface area (TPSA) is 46.1 Å². The molecule has 0 N–H and O–H groups in total. The zero-order valence-corrected chi connectivity index (χ0v) is 15.7. The maximum absolute atomic E-state index is 13.8. The molecule has 0 unspecified atom stereocenters. The van der Waals surface area contributed by atoms with Crippen LogP contribution in [-0.4, -0.2) is 33.5 Å². The number of aryl methyl sites for hydroxylation is 1. The number of rotatable bonds is 6. The van der Waals surface area contributed by atoms with E-state index in [1.54, 1.807) is 0 Å². The molecule has 0 spiro atoms. The van der Waals surface area contributed by atoms with Gasteiger partial charge in [-0.3, -0.25) is 4.79 Å². The zero-order chi connectivity index (χ0) is 18.5. The summed E-state index contributed by atoms with van der Waals surface area (Å²) in [6, 6.07) is 3.97. The van der Waals surface area contributed by atoms with E-state index >= 15 is 0 Å². The molecule has 0 saturated carbocycles. The minimum absolute atomic E-state index is 0.00905. The molecular weight excluding hydrogens is 356 g/mol. The van der Waals surface area contributed by atoms with Crippen LogP contribution < -0.4 is 0 Å². The maximum Gasteiger partial charge on any atom is 0.267 e. The quantitative estimate of drug-likeness (QED) is 0.754. The smallest absolute Gasteiger partial charge is 0.267 e. The third kappa shape index (κ3) is 4.26. The lowest BCUT2D eigenvalue weighted by Crippen LogP contribution is -2.40. The van der Waals surface area contributed by atoms with E-state index in [0.29, 0.717) is 30.8 Å². The lowest BCUT2D eigenvalue weighted by Gasteiger charge is -2.32. The van der Waals surface area contributed by atoms with Crippen molar-refractivity contribution in [2.75, 3.05) is 13.1 Å². The molecule has 1 aromatic heterocycles. The number of amides is 1. The Bertz CT molecular complexity index is 745. The standard InChI is InChI=1S/C19H23F2N3OS/c1-2-5-17-18(26-23-22-17)19(25)24-11-4-6-13(12-24)9-10-14-15(20)7-3-8-16(14)21/h3,7-8,13H,2,4-6,9-12H2,1H3/t13-/m1/s1. The van der Waals surface area contributed by atoms with Gasteiger partial charge in [0.1, 0.15) is 16.5 Å². The van der Waals surface area contributed by atoms with Crippen molar-refractivity contribution in [1.29, 1.82) is 0 Å². The molecule has 2 aromatic rings. The number of hydrogen-bond acceptors (Lipinski definition) is 4. The minimum Gasteiger partial charge on any atom is -0.338 e. The molecule has 7 heteroatoms. The minimum atomic E-state index is -0.492. The predicted octanol–water partition coefficient (Wildman–Crippen LogP) is 4.25. The Hall–Kier alpha value is -1.89. The van der Waals surface area contributed by atoms with Crippen molar-refractivity contribution >= 4 is 17.4 Å². The van der Waals surface area contributed by atoms with Gasteiger partial charge in [-0.15, -0.1) is 5.10 Å². The van der Waals surface area contributed by atoms with E-state index in [1.807, 2.05) is 11.8 Å². The lowest BCUT2D eigenvalue weighted by molar-refractivity contribution is 0.0671.